The maximum absolute atomic E-state index is 15.6. The van der Waals surface area contributed by atoms with Crippen LogP contribution in [0.15, 0.2) is 15.7 Å². The summed E-state index contributed by atoms with van der Waals surface area (Å²) in [7, 11) is 0. The quantitative estimate of drug-likeness (QED) is 0.569. The van der Waals surface area contributed by atoms with E-state index >= 15 is 4.39 Å². The number of nitrogens with zero attached hydrogens (tertiary/aromatic N) is 2. The summed E-state index contributed by atoms with van der Waals surface area (Å²) in [4.78, 5) is 38.5. The molecule has 11 heteroatoms. The first-order valence-corrected chi connectivity index (χ1v) is 10.4. The van der Waals surface area contributed by atoms with E-state index in [1.165, 1.54) is 9.47 Å². The predicted molar refractivity (Wildman–Crippen MR) is 112 cm³/mol. The van der Waals surface area contributed by atoms with Crippen molar-refractivity contribution in [2.24, 2.45) is 5.73 Å². The van der Waals surface area contributed by atoms with Gasteiger partial charge >= 0.3 is 0 Å². The molecule has 3 aromatic rings. The van der Waals surface area contributed by atoms with Crippen LogP contribution in [0.25, 0.3) is 21.1 Å². The average Bonchev–Trinajstić information content (AvgIpc) is 3.30. The first-order chi connectivity index (χ1) is 14.2. The number of benzene rings is 1. The number of hydrogen-bond donors (Lipinski definition) is 3. The van der Waals surface area contributed by atoms with E-state index in [0.717, 1.165) is 17.6 Å². The molecule has 0 saturated carbocycles. The van der Waals surface area contributed by atoms with E-state index in [1.54, 1.807) is 13.8 Å². The maximum Gasteiger partial charge on any atom is 0.271 e. The molecule has 3 heterocycles. The highest BCUT2D eigenvalue weighted by Crippen LogP contribution is 2.33. The van der Waals surface area contributed by atoms with Gasteiger partial charge in [-0.05, 0) is 37.9 Å². The second kappa shape index (κ2) is 7.47. The first kappa shape index (κ1) is 20.5. The van der Waals surface area contributed by atoms with Gasteiger partial charge in [0, 0.05) is 25.7 Å². The van der Waals surface area contributed by atoms with E-state index in [9.17, 15) is 18.8 Å². The molecule has 0 bridgehead atoms. The third kappa shape index (κ3) is 3.08. The van der Waals surface area contributed by atoms with Crippen molar-refractivity contribution in [3.8, 4) is 0 Å². The topological polar surface area (TPSA) is 113 Å². The zero-order valence-corrected chi connectivity index (χ0v) is 17.2. The van der Waals surface area contributed by atoms with Gasteiger partial charge in [0.1, 0.15) is 21.7 Å². The Bertz CT molecular complexity index is 1280. The number of nitrogens with two attached hydrogens (primary N) is 1. The lowest BCUT2D eigenvalue weighted by molar-refractivity contribution is -0.122. The van der Waals surface area contributed by atoms with Crippen LogP contribution < -0.4 is 26.9 Å². The SMILES string of the molecule is CCn1c2s[nH]c(=O)c2c(=O)c2cc(F)c(N3CCC(NC(=O)[C@H](C)N)C3)c(F)c21. The number of H-pyrrole nitrogens is 1. The van der Waals surface area contributed by atoms with Crippen LogP contribution in [0.4, 0.5) is 14.5 Å². The molecule has 8 nitrogen and oxygen atoms in total. The lowest BCUT2D eigenvalue weighted by Crippen LogP contribution is -2.45. The lowest BCUT2D eigenvalue weighted by Gasteiger charge is -2.22. The summed E-state index contributed by atoms with van der Waals surface area (Å²) in [6.45, 7) is 4.15. The molecule has 4 N–H and O–H groups in total. The van der Waals surface area contributed by atoms with Crippen LogP contribution in [0.2, 0.25) is 0 Å². The van der Waals surface area contributed by atoms with Crippen molar-refractivity contribution < 1.29 is 13.6 Å². The molecule has 0 spiro atoms. The van der Waals surface area contributed by atoms with Crippen LogP contribution in [0.1, 0.15) is 20.3 Å². The van der Waals surface area contributed by atoms with Crippen LogP contribution in [0.3, 0.4) is 0 Å². The van der Waals surface area contributed by atoms with Crippen LogP contribution in [0.5, 0.6) is 0 Å². The number of pyridine rings is 1. The molecule has 2 aromatic heterocycles. The van der Waals surface area contributed by atoms with Gasteiger partial charge in [-0.25, -0.2) is 8.78 Å². The number of halogens is 2. The molecule has 1 aromatic carbocycles. The Hall–Kier alpha value is -2.79. The maximum atomic E-state index is 15.6. The number of aryl methyl sites for hydroxylation is 1. The molecule has 30 heavy (non-hydrogen) atoms. The van der Waals surface area contributed by atoms with Gasteiger partial charge in [-0.15, -0.1) is 0 Å². The second-order valence-corrected chi connectivity index (χ2v) is 8.23. The van der Waals surface area contributed by atoms with Gasteiger partial charge in [-0.3, -0.25) is 18.8 Å². The molecule has 2 atom stereocenters. The van der Waals surface area contributed by atoms with Crippen molar-refractivity contribution in [2.75, 3.05) is 18.0 Å². The molecule has 1 saturated heterocycles. The Morgan fingerprint density at radius 1 is 1.43 bits per heavy atom. The Morgan fingerprint density at radius 2 is 2.17 bits per heavy atom. The number of nitrogens with one attached hydrogen (secondary N) is 2. The number of rotatable bonds is 4. The Balaban J connectivity index is 1.85. The second-order valence-electron chi connectivity index (χ2n) is 7.43. The number of hydrogen-bond acceptors (Lipinski definition) is 6. The third-order valence-corrected chi connectivity index (χ3v) is 6.32. The largest absolute Gasteiger partial charge is 0.365 e. The molecule has 160 valence electrons. The molecule has 1 amide bonds. The zero-order chi connectivity index (χ0) is 21.7. The van der Waals surface area contributed by atoms with Gasteiger partial charge < -0.3 is 20.5 Å². The van der Waals surface area contributed by atoms with Gasteiger partial charge in [-0.2, -0.15) is 0 Å². The number of carbonyl (C=O) groups excluding carboxylic acids is 1. The number of aromatic nitrogens is 2. The van der Waals surface area contributed by atoms with E-state index in [2.05, 4.69) is 9.69 Å². The molecule has 1 unspecified atom stereocenters. The lowest BCUT2D eigenvalue weighted by atomic mass is 10.1. The van der Waals surface area contributed by atoms with Crippen LogP contribution in [0, 0.1) is 11.6 Å². The molecule has 0 radical (unpaired) electrons. The Labute approximate surface area is 173 Å². The molecule has 1 aliphatic heterocycles. The standard InChI is InChI=1S/C19H21F2N5O3S/c1-3-26-14-10(16(27)12-18(29)24-30-19(12)26)6-11(20)15(13(14)21)25-5-4-9(7-25)23-17(28)8(2)22/h6,8-9H,3-5,7,22H2,1-2H3,(H,23,28)(H,24,29)/t8-,9?/m0/s1. The van der Waals surface area contributed by atoms with E-state index in [1.807, 2.05) is 0 Å². The summed E-state index contributed by atoms with van der Waals surface area (Å²) >= 11 is 0.947. The van der Waals surface area contributed by atoms with E-state index in [0.29, 0.717) is 17.8 Å². The van der Waals surface area contributed by atoms with Crippen LogP contribution in [-0.2, 0) is 11.3 Å². The number of amides is 1. The zero-order valence-electron chi connectivity index (χ0n) is 16.4. The Morgan fingerprint density at radius 3 is 2.83 bits per heavy atom. The summed E-state index contributed by atoms with van der Waals surface area (Å²) in [5.41, 5.74) is 4.02. The fourth-order valence-corrected chi connectivity index (χ4v) is 4.87. The summed E-state index contributed by atoms with van der Waals surface area (Å²) in [6.07, 6.45) is 0.508. The van der Waals surface area contributed by atoms with Gasteiger partial charge in [0.25, 0.3) is 5.56 Å². The van der Waals surface area contributed by atoms with Crippen LogP contribution in [-0.4, -0.2) is 40.0 Å². The number of aromatic amines is 1. The molecule has 4 rings (SSSR count). The van der Waals surface area contributed by atoms with Gasteiger partial charge in [0.15, 0.2) is 5.82 Å². The third-order valence-electron chi connectivity index (χ3n) is 5.42. The summed E-state index contributed by atoms with van der Waals surface area (Å²) in [5.74, 6) is -2.07. The van der Waals surface area contributed by atoms with Crippen molar-refractivity contribution in [3.63, 3.8) is 0 Å². The predicted octanol–water partition coefficient (Wildman–Crippen LogP) is 1.24. The van der Waals surface area contributed by atoms with E-state index in [-0.39, 0.29) is 47.0 Å². The molecule has 0 aliphatic carbocycles. The number of carbonyl (C=O) groups is 1. The van der Waals surface area contributed by atoms with Crippen molar-refractivity contribution in [1.82, 2.24) is 14.3 Å². The molecule has 1 aliphatic rings. The highest BCUT2D eigenvalue weighted by Gasteiger charge is 2.31. The number of anilines is 1. The normalized spacial score (nSPS) is 17.8. The number of fused-ring (bicyclic) bond motifs is 2. The molecular weight excluding hydrogens is 416 g/mol. The minimum atomic E-state index is -0.884. The minimum absolute atomic E-state index is 0.0373. The average molecular weight is 437 g/mol. The van der Waals surface area contributed by atoms with Crippen molar-refractivity contribution in [1.29, 1.82) is 0 Å². The van der Waals surface area contributed by atoms with Gasteiger partial charge in [0.05, 0.1) is 16.9 Å². The van der Waals surface area contributed by atoms with E-state index in [4.69, 9.17) is 5.73 Å². The Kier molecular flexibility index (Phi) is 5.10. The first-order valence-electron chi connectivity index (χ1n) is 9.61. The highest BCUT2D eigenvalue weighted by atomic mass is 32.1. The van der Waals surface area contributed by atoms with Gasteiger partial charge in [0.2, 0.25) is 11.3 Å². The molecule has 1 fully saturated rings. The van der Waals surface area contributed by atoms with Crippen LogP contribution >= 0.6 is 11.5 Å². The van der Waals surface area contributed by atoms with Gasteiger partial charge in [-0.1, -0.05) is 0 Å². The highest BCUT2D eigenvalue weighted by molar-refractivity contribution is 7.12. The van der Waals surface area contributed by atoms with Crippen molar-refractivity contribution in [2.45, 2.75) is 38.9 Å². The fourth-order valence-electron chi connectivity index (χ4n) is 3.96. The molecular formula is C19H21F2N5O3S. The van der Waals surface area contributed by atoms with Crippen molar-refractivity contribution in [3.05, 3.63) is 38.3 Å². The fraction of sp³-hybridized carbons (Fsp3) is 0.421. The smallest absolute Gasteiger partial charge is 0.271 e. The minimum Gasteiger partial charge on any atom is -0.365 e. The van der Waals surface area contributed by atoms with Crippen molar-refractivity contribution >= 4 is 44.2 Å². The summed E-state index contributed by atoms with van der Waals surface area (Å²) in [5, 5.41) is 2.50. The summed E-state index contributed by atoms with van der Waals surface area (Å²) in [6, 6.07) is 0.0268. The van der Waals surface area contributed by atoms with E-state index < -0.39 is 28.7 Å². The summed E-state index contributed by atoms with van der Waals surface area (Å²) < 4.78 is 34.6. The monoisotopic (exact) mass is 437 g/mol.